The van der Waals surface area contributed by atoms with Gasteiger partial charge >= 0.3 is 0 Å². The molecule has 0 spiro atoms. The normalized spacial score (nSPS) is 15.1. The molecule has 0 aliphatic carbocycles. The van der Waals surface area contributed by atoms with Gasteiger partial charge in [-0.3, -0.25) is 0 Å². The summed E-state index contributed by atoms with van der Waals surface area (Å²) in [5.74, 6) is 0. The number of nitrogens with zero attached hydrogens (tertiary/aromatic N) is 3. The molecule has 0 amide bonds. The largest absolute Gasteiger partial charge is 0.359 e. The van der Waals surface area contributed by atoms with Gasteiger partial charge in [0.2, 0.25) is 0 Å². The molecule has 3 heterocycles. The number of hydrogen-bond donors (Lipinski definition) is 1. The highest BCUT2D eigenvalue weighted by molar-refractivity contribution is 5.78. The van der Waals surface area contributed by atoms with Gasteiger partial charge in [-0.25, -0.2) is 4.68 Å². The average molecular weight is 354 g/mol. The molecule has 1 unspecified atom stereocenters. The Kier molecular flexibility index (Phi) is 3.47. The third-order valence-corrected chi connectivity index (χ3v) is 5.38. The molecule has 2 aromatic carbocycles. The number of fused-ring (bicyclic) bond motifs is 3. The number of rotatable bonds is 2. The molecule has 4 nitrogen and oxygen atoms in total. The maximum absolute atomic E-state index is 4.81. The maximum Gasteiger partial charge on any atom is 0.149 e. The molecule has 0 bridgehead atoms. The van der Waals surface area contributed by atoms with Crippen molar-refractivity contribution in [2.75, 3.05) is 5.32 Å². The second-order valence-corrected chi connectivity index (χ2v) is 7.21. The predicted molar refractivity (Wildman–Crippen MR) is 109 cm³/mol. The molecule has 134 valence electrons. The van der Waals surface area contributed by atoms with Crippen molar-refractivity contribution in [2.45, 2.75) is 26.9 Å². The van der Waals surface area contributed by atoms with Crippen molar-refractivity contribution >= 4 is 5.69 Å². The van der Waals surface area contributed by atoms with E-state index < -0.39 is 0 Å². The Bertz CT molecular complexity index is 1130. The molecule has 27 heavy (non-hydrogen) atoms. The first-order valence-corrected chi connectivity index (χ1v) is 9.30. The van der Waals surface area contributed by atoms with Crippen LogP contribution < -0.4 is 5.32 Å². The molecule has 0 fully saturated rings. The highest BCUT2D eigenvalue weighted by Gasteiger charge is 2.29. The summed E-state index contributed by atoms with van der Waals surface area (Å²) in [6, 6.07) is 23.4. The number of hydrogen-bond acceptors (Lipinski definition) is 2. The fourth-order valence-corrected chi connectivity index (χ4v) is 4.20. The molecule has 4 heteroatoms. The van der Waals surface area contributed by atoms with Gasteiger partial charge in [0.1, 0.15) is 6.17 Å². The molecule has 1 atom stereocenters. The quantitative estimate of drug-likeness (QED) is 0.534. The smallest absolute Gasteiger partial charge is 0.149 e. The second-order valence-electron chi connectivity index (χ2n) is 7.21. The molecule has 1 aliphatic rings. The van der Waals surface area contributed by atoms with Gasteiger partial charge in [-0.15, -0.1) is 0 Å². The first kappa shape index (κ1) is 15.9. The first-order valence-electron chi connectivity index (χ1n) is 9.30. The van der Waals surface area contributed by atoms with Gasteiger partial charge < -0.3 is 9.88 Å². The number of aromatic nitrogens is 3. The molecule has 2 aromatic heterocycles. The van der Waals surface area contributed by atoms with Crippen molar-refractivity contribution in [1.29, 1.82) is 0 Å². The molecule has 1 aliphatic heterocycles. The number of anilines is 1. The van der Waals surface area contributed by atoms with E-state index in [2.05, 4.69) is 102 Å². The predicted octanol–water partition coefficient (Wildman–Crippen LogP) is 5.24. The molecule has 4 aromatic rings. The van der Waals surface area contributed by atoms with Crippen LogP contribution in [0.1, 0.15) is 28.8 Å². The van der Waals surface area contributed by atoms with Gasteiger partial charge in [0.05, 0.1) is 11.4 Å². The van der Waals surface area contributed by atoms with Gasteiger partial charge in [-0.1, -0.05) is 36.4 Å². The minimum Gasteiger partial charge on any atom is -0.359 e. The fourth-order valence-electron chi connectivity index (χ4n) is 4.20. The number of benzene rings is 2. The lowest BCUT2D eigenvalue weighted by Gasteiger charge is -2.29. The highest BCUT2D eigenvalue weighted by atomic mass is 15.4. The van der Waals surface area contributed by atoms with Crippen LogP contribution in [-0.4, -0.2) is 14.3 Å². The molecule has 5 rings (SSSR count). The summed E-state index contributed by atoms with van der Waals surface area (Å²) in [7, 11) is 0. The lowest BCUT2D eigenvalue weighted by atomic mass is 10.0. The van der Waals surface area contributed by atoms with Gasteiger partial charge in [0, 0.05) is 33.9 Å². The van der Waals surface area contributed by atoms with Crippen LogP contribution in [0.3, 0.4) is 0 Å². The Labute approximate surface area is 159 Å². The van der Waals surface area contributed by atoms with Crippen LogP contribution >= 0.6 is 0 Å². The van der Waals surface area contributed by atoms with Gasteiger partial charge in [0.25, 0.3) is 0 Å². The van der Waals surface area contributed by atoms with Crippen LogP contribution in [0.5, 0.6) is 0 Å². The minimum absolute atomic E-state index is 0.0211. The third kappa shape index (κ3) is 2.40. The average Bonchev–Trinajstić information content (AvgIpc) is 3.21. The van der Waals surface area contributed by atoms with Crippen molar-refractivity contribution in [3.8, 4) is 16.9 Å². The molecule has 0 saturated carbocycles. The SMILES string of the molecule is Cc1cc2n(n1)C(c1cc(C)n(-c3ccccc3)c1C)Nc1ccccc1-2. The van der Waals surface area contributed by atoms with Crippen LogP contribution in [0.15, 0.2) is 66.7 Å². The van der Waals surface area contributed by atoms with Gasteiger partial charge in [-0.2, -0.15) is 5.10 Å². The monoisotopic (exact) mass is 354 g/mol. The summed E-state index contributed by atoms with van der Waals surface area (Å²) in [6.07, 6.45) is -0.0211. The van der Waals surface area contributed by atoms with Crippen LogP contribution in [-0.2, 0) is 0 Å². The zero-order chi connectivity index (χ0) is 18.5. The molecule has 0 radical (unpaired) electrons. The van der Waals surface area contributed by atoms with Crippen molar-refractivity contribution in [3.63, 3.8) is 0 Å². The van der Waals surface area contributed by atoms with Crippen LogP contribution in [0, 0.1) is 20.8 Å². The van der Waals surface area contributed by atoms with E-state index >= 15 is 0 Å². The van der Waals surface area contributed by atoms with E-state index in [1.807, 2.05) is 0 Å². The Hall–Kier alpha value is -3.27. The Morgan fingerprint density at radius 3 is 2.44 bits per heavy atom. The van der Waals surface area contributed by atoms with E-state index in [1.54, 1.807) is 0 Å². The van der Waals surface area contributed by atoms with Crippen molar-refractivity contribution in [1.82, 2.24) is 14.3 Å². The highest BCUT2D eigenvalue weighted by Crippen LogP contribution is 2.39. The van der Waals surface area contributed by atoms with E-state index in [-0.39, 0.29) is 6.17 Å². The maximum atomic E-state index is 4.81. The first-order chi connectivity index (χ1) is 13.1. The number of para-hydroxylation sites is 2. The van der Waals surface area contributed by atoms with Crippen LogP contribution in [0.2, 0.25) is 0 Å². The third-order valence-electron chi connectivity index (χ3n) is 5.38. The summed E-state index contributed by atoms with van der Waals surface area (Å²) < 4.78 is 4.43. The van der Waals surface area contributed by atoms with Crippen molar-refractivity contribution < 1.29 is 0 Å². The molecule has 1 N–H and O–H groups in total. The lowest BCUT2D eigenvalue weighted by Crippen LogP contribution is -2.26. The van der Waals surface area contributed by atoms with Crippen LogP contribution in [0.4, 0.5) is 5.69 Å². The van der Waals surface area contributed by atoms with Gasteiger partial charge in [-0.05, 0) is 51.1 Å². The number of aryl methyl sites for hydroxylation is 2. The summed E-state index contributed by atoms with van der Waals surface area (Å²) in [5.41, 5.74) is 9.43. The second kappa shape index (κ2) is 5.88. The fraction of sp³-hybridized carbons (Fsp3) is 0.174. The summed E-state index contributed by atoms with van der Waals surface area (Å²) in [5, 5.41) is 8.51. The zero-order valence-electron chi connectivity index (χ0n) is 15.8. The van der Waals surface area contributed by atoms with E-state index in [4.69, 9.17) is 5.10 Å². The Balaban J connectivity index is 1.69. The van der Waals surface area contributed by atoms with Crippen molar-refractivity contribution in [3.05, 3.63) is 89.4 Å². The number of nitrogens with one attached hydrogen (secondary N) is 1. The van der Waals surface area contributed by atoms with Gasteiger partial charge in [0.15, 0.2) is 0 Å². The molecular weight excluding hydrogens is 332 g/mol. The summed E-state index contributed by atoms with van der Waals surface area (Å²) in [4.78, 5) is 0. The molecule has 0 saturated heterocycles. The van der Waals surface area contributed by atoms with Crippen LogP contribution in [0.25, 0.3) is 16.9 Å². The Morgan fingerprint density at radius 2 is 1.63 bits per heavy atom. The van der Waals surface area contributed by atoms with E-state index in [9.17, 15) is 0 Å². The summed E-state index contributed by atoms with van der Waals surface area (Å²) in [6.45, 7) is 6.40. The minimum atomic E-state index is -0.0211. The standard InChI is InChI=1S/C23H22N4/c1-15-13-22-19-11-7-8-12-21(19)24-23(27(22)25-15)20-14-16(2)26(17(20)3)18-9-5-4-6-10-18/h4-14,23-24H,1-3H3. The topological polar surface area (TPSA) is 34.8 Å². The zero-order valence-corrected chi connectivity index (χ0v) is 15.8. The lowest BCUT2D eigenvalue weighted by molar-refractivity contribution is 0.568. The van der Waals surface area contributed by atoms with Crippen molar-refractivity contribution in [2.24, 2.45) is 0 Å². The Morgan fingerprint density at radius 1 is 0.889 bits per heavy atom. The molecular formula is C23H22N4. The summed E-state index contributed by atoms with van der Waals surface area (Å²) >= 11 is 0. The van der Waals surface area contributed by atoms with E-state index in [0.29, 0.717) is 0 Å². The van der Waals surface area contributed by atoms with E-state index in [1.165, 1.54) is 28.2 Å². The van der Waals surface area contributed by atoms with E-state index in [0.717, 1.165) is 17.1 Å².